The highest BCUT2D eigenvalue weighted by atomic mass is 16.2. The fourth-order valence-corrected chi connectivity index (χ4v) is 3.04. The van der Waals surface area contributed by atoms with Crippen molar-refractivity contribution in [3.05, 3.63) is 41.6 Å². The second-order valence-corrected chi connectivity index (χ2v) is 5.14. The molecule has 2 aliphatic rings. The van der Waals surface area contributed by atoms with Gasteiger partial charge in [0.1, 0.15) is 0 Å². The van der Waals surface area contributed by atoms with Crippen LogP contribution in [0.25, 0.3) is 10.9 Å². The summed E-state index contributed by atoms with van der Waals surface area (Å²) in [6.07, 6.45) is 1.24. The van der Waals surface area contributed by atoms with Crippen LogP contribution < -0.4 is 0 Å². The number of piperidine rings is 1. The first kappa shape index (κ1) is 10.7. The smallest absolute Gasteiger partial charge is 0.256 e. The van der Waals surface area contributed by atoms with Gasteiger partial charge in [-0.25, -0.2) is 4.98 Å². The number of carbonyl (C=O) groups excluding carboxylic acids is 2. The number of aromatic nitrogens is 1. The monoisotopic (exact) mass is 252 g/mol. The maximum atomic E-state index is 12.4. The van der Waals surface area contributed by atoms with E-state index in [2.05, 4.69) is 4.98 Å². The van der Waals surface area contributed by atoms with Crippen LogP contribution in [0, 0.1) is 0 Å². The average Bonchev–Trinajstić information content (AvgIpc) is 2.69. The molecule has 19 heavy (non-hydrogen) atoms. The summed E-state index contributed by atoms with van der Waals surface area (Å²) in [6.45, 7) is 0.232. The largest absolute Gasteiger partial charge is 0.323 e. The molecule has 2 aliphatic heterocycles. The molecule has 0 N–H and O–H groups in total. The molecule has 0 bridgehead atoms. The number of hydrogen-bond donors (Lipinski definition) is 0. The van der Waals surface area contributed by atoms with Crippen molar-refractivity contribution in [1.82, 2.24) is 9.88 Å². The number of carbonyl (C=O) groups is 2. The molecule has 1 aromatic heterocycles. The molecule has 1 fully saturated rings. The van der Waals surface area contributed by atoms with Crippen LogP contribution in [0.1, 0.15) is 34.9 Å². The minimum atomic E-state index is -0.0497. The number of pyridine rings is 1. The first-order chi connectivity index (χ1) is 9.24. The Bertz CT molecular complexity index is 723. The van der Waals surface area contributed by atoms with E-state index in [9.17, 15) is 9.59 Å². The molecule has 1 aromatic carbocycles. The lowest BCUT2D eigenvalue weighted by atomic mass is 10.00. The summed E-state index contributed by atoms with van der Waals surface area (Å²) in [4.78, 5) is 30.2. The Labute approximate surface area is 110 Å². The second-order valence-electron chi connectivity index (χ2n) is 5.14. The van der Waals surface area contributed by atoms with Crippen molar-refractivity contribution < 1.29 is 9.59 Å². The summed E-state index contributed by atoms with van der Waals surface area (Å²) in [7, 11) is 0. The zero-order valence-electron chi connectivity index (χ0n) is 10.3. The van der Waals surface area contributed by atoms with E-state index < -0.39 is 0 Å². The van der Waals surface area contributed by atoms with Gasteiger partial charge < -0.3 is 4.90 Å². The van der Waals surface area contributed by atoms with Gasteiger partial charge in [0.2, 0.25) is 0 Å². The molecule has 1 atom stereocenters. The van der Waals surface area contributed by atoms with Crippen molar-refractivity contribution in [3.8, 4) is 0 Å². The molecule has 1 amide bonds. The number of amides is 1. The molecule has 1 saturated heterocycles. The van der Waals surface area contributed by atoms with Crippen molar-refractivity contribution >= 4 is 22.6 Å². The van der Waals surface area contributed by atoms with Crippen LogP contribution in [0.15, 0.2) is 30.3 Å². The van der Waals surface area contributed by atoms with Gasteiger partial charge in [0, 0.05) is 11.8 Å². The third-order valence-electron chi connectivity index (χ3n) is 3.98. The van der Waals surface area contributed by atoms with E-state index >= 15 is 0 Å². The Morgan fingerprint density at radius 3 is 2.95 bits per heavy atom. The van der Waals surface area contributed by atoms with Crippen LogP contribution in [0.2, 0.25) is 0 Å². The summed E-state index contributed by atoms with van der Waals surface area (Å²) in [5.41, 5.74) is 2.42. The molecule has 0 radical (unpaired) electrons. The molecule has 0 aliphatic carbocycles. The zero-order valence-corrected chi connectivity index (χ0v) is 10.3. The van der Waals surface area contributed by atoms with Crippen molar-refractivity contribution in [2.45, 2.75) is 18.9 Å². The predicted octanol–water partition coefficient (Wildman–Crippen LogP) is 2.09. The number of hydrogen-bond acceptors (Lipinski definition) is 3. The number of Topliss-reactive ketones (excluding diaryl/α,β-unsaturated/α-hetero) is 1. The number of para-hydroxylation sites is 1. The predicted molar refractivity (Wildman–Crippen MR) is 69.8 cm³/mol. The van der Waals surface area contributed by atoms with Crippen LogP contribution in [0.3, 0.4) is 0 Å². The topological polar surface area (TPSA) is 50.3 Å². The normalized spacial score (nSPS) is 21.7. The highest BCUT2D eigenvalue weighted by molar-refractivity contribution is 6.03. The van der Waals surface area contributed by atoms with E-state index in [1.807, 2.05) is 30.3 Å². The Balaban J connectivity index is 1.92. The Hall–Kier alpha value is -2.23. The van der Waals surface area contributed by atoms with Crippen molar-refractivity contribution in [3.63, 3.8) is 0 Å². The summed E-state index contributed by atoms with van der Waals surface area (Å²) < 4.78 is 0. The van der Waals surface area contributed by atoms with Crippen LogP contribution in [-0.2, 0) is 4.79 Å². The summed E-state index contributed by atoms with van der Waals surface area (Å²) >= 11 is 0. The number of ketones is 1. The van der Waals surface area contributed by atoms with E-state index in [0.717, 1.165) is 16.6 Å². The van der Waals surface area contributed by atoms with Gasteiger partial charge in [0.05, 0.1) is 29.4 Å². The Morgan fingerprint density at radius 2 is 2.05 bits per heavy atom. The van der Waals surface area contributed by atoms with Gasteiger partial charge in [0.15, 0.2) is 5.78 Å². The Kier molecular flexibility index (Phi) is 2.04. The molecule has 4 rings (SSSR count). The fourth-order valence-electron chi connectivity index (χ4n) is 3.04. The van der Waals surface area contributed by atoms with E-state index in [1.165, 1.54) is 0 Å². The van der Waals surface area contributed by atoms with E-state index in [4.69, 9.17) is 0 Å². The van der Waals surface area contributed by atoms with Gasteiger partial charge in [-0.15, -0.1) is 0 Å². The first-order valence-corrected chi connectivity index (χ1v) is 6.46. The van der Waals surface area contributed by atoms with Gasteiger partial charge in [0.25, 0.3) is 5.91 Å². The third-order valence-corrected chi connectivity index (χ3v) is 3.98. The third kappa shape index (κ3) is 1.43. The molecule has 3 heterocycles. The molecule has 1 unspecified atom stereocenters. The maximum absolute atomic E-state index is 12.4. The zero-order chi connectivity index (χ0) is 13.0. The quantitative estimate of drug-likeness (QED) is 0.721. The van der Waals surface area contributed by atoms with Crippen LogP contribution >= 0.6 is 0 Å². The van der Waals surface area contributed by atoms with E-state index in [1.54, 1.807) is 4.90 Å². The SMILES string of the molecule is O=C1CCC2c3nc4ccccc4cc3C(=O)N2C1. The minimum absolute atomic E-state index is 0.00944. The molecule has 0 saturated carbocycles. The average molecular weight is 252 g/mol. The van der Waals surface area contributed by atoms with E-state index in [0.29, 0.717) is 18.4 Å². The standard InChI is InChI=1S/C15H12N2O2/c18-10-5-6-13-14-11(15(19)17(13)8-10)7-9-3-1-2-4-12(9)16-14/h1-4,7,13H,5-6,8H2. The van der Waals surface area contributed by atoms with Gasteiger partial charge in [-0.05, 0) is 18.6 Å². The molecular weight excluding hydrogens is 240 g/mol. The number of rotatable bonds is 0. The highest BCUT2D eigenvalue weighted by Gasteiger charge is 2.41. The van der Waals surface area contributed by atoms with Gasteiger partial charge in [-0.1, -0.05) is 18.2 Å². The highest BCUT2D eigenvalue weighted by Crippen LogP contribution is 2.38. The van der Waals surface area contributed by atoms with E-state index in [-0.39, 0.29) is 24.3 Å². The van der Waals surface area contributed by atoms with Crippen LogP contribution in [-0.4, -0.2) is 28.1 Å². The van der Waals surface area contributed by atoms with Crippen LogP contribution in [0.4, 0.5) is 0 Å². The lowest BCUT2D eigenvalue weighted by Crippen LogP contribution is -2.37. The van der Waals surface area contributed by atoms with Crippen molar-refractivity contribution in [2.24, 2.45) is 0 Å². The van der Waals surface area contributed by atoms with Gasteiger partial charge in [-0.3, -0.25) is 9.59 Å². The number of benzene rings is 1. The first-order valence-electron chi connectivity index (χ1n) is 6.46. The molecule has 0 spiro atoms. The van der Waals surface area contributed by atoms with Crippen LogP contribution in [0.5, 0.6) is 0 Å². The second kappa shape index (κ2) is 3.63. The summed E-state index contributed by atoms with van der Waals surface area (Å²) in [6, 6.07) is 9.69. The minimum Gasteiger partial charge on any atom is -0.323 e. The maximum Gasteiger partial charge on any atom is 0.256 e. The number of fused-ring (bicyclic) bond motifs is 4. The Morgan fingerprint density at radius 1 is 1.21 bits per heavy atom. The lowest BCUT2D eigenvalue weighted by molar-refractivity contribution is -0.122. The van der Waals surface area contributed by atoms with Gasteiger partial charge in [-0.2, -0.15) is 0 Å². The molecule has 4 nitrogen and oxygen atoms in total. The number of nitrogens with zero attached hydrogens (tertiary/aromatic N) is 2. The molecule has 4 heteroatoms. The fraction of sp³-hybridized carbons (Fsp3) is 0.267. The lowest BCUT2D eigenvalue weighted by Gasteiger charge is -2.28. The van der Waals surface area contributed by atoms with Crippen molar-refractivity contribution in [2.75, 3.05) is 6.54 Å². The summed E-state index contributed by atoms with van der Waals surface area (Å²) in [5.74, 6) is 0.0910. The molecule has 94 valence electrons. The summed E-state index contributed by atoms with van der Waals surface area (Å²) in [5, 5.41) is 0.973. The molecular formula is C15H12N2O2. The van der Waals surface area contributed by atoms with Crippen molar-refractivity contribution in [1.29, 1.82) is 0 Å². The van der Waals surface area contributed by atoms with Gasteiger partial charge >= 0.3 is 0 Å². The molecule has 2 aromatic rings.